The molecular formula is C18H18ClN3O3S. The van der Waals surface area contributed by atoms with Crippen molar-refractivity contribution in [2.24, 2.45) is 0 Å². The Labute approximate surface area is 157 Å². The topological polar surface area (TPSA) is 78.5 Å². The Morgan fingerprint density at radius 3 is 2.38 bits per heavy atom. The molecule has 2 aromatic rings. The molecule has 0 unspecified atom stereocenters. The Hall–Kier alpha value is -2.09. The van der Waals surface area contributed by atoms with Crippen LogP contribution in [0.1, 0.15) is 23.2 Å². The molecule has 0 saturated carbocycles. The van der Waals surface area contributed by atoms with Gasteiger partial charge in [0.1, 0.15) is 5.66 Å². The number of nitrogens with zero attached hydrogens (tertiary/aromatic N) is 1. The summed E-state index contributed by atoms with van der Waals surface area (Å²) in [5, 5.41) is 6.91. The molecule has 136 valence electrons. The summed E-state index contributed by atoms with van der Waals surface area (Å²) < 4.78 is 27.0. The summed E-state index contributed by atoms with van der Waals surface area (Å²) in [7, 11) is -3.53. The fraction of sp³-hybridized carbons (Fsp3) is 0.278. The fourth-order valence-corrected chi connectivity index (χ4v) is 5.13. The number of carbonyl (C=O) groups is 1. The predicted octanol–water partition coefficient (Wildman–Crippen LogP) is 2.68. The third-order valence-electron chi connectivity index (χ3n) is 4.91. The molecule has 1 fully saturated rings. The molecule has 2 N–H and O–H groups in total. The minimum absolute atomic E-state index is 0.171. The van der Waals surface area contributed by atoms with Crippen molar-refractivity contribution < 1.29 is 13.2 Å². The average Bonchev–Trinajstić information content (AvgIpc) is 2.62. The number of anilines is 1. The van der Waals surface area contributed by atoms with E-state index in [4.69, 9.17) is 11.6 Å². The Bertz CT molecular complexity index is 955. The molecule has 2 heterocycles. The maximum Gasteiger partial charge on any atom is 0.255 e. The molecular weight excluding hydrogens is 374 g/mol. The van der Waals surface area contributed by atoms with Gasteiger partial charge >= 0.3 is 0 Å². The summed E-state index contributed by atoms with van der Waals surface area (Å²) >= 11 is 6.04. The van der Waals surface area contributed by atoms with Crippen molar-refractivity contribution in [1.82, 2.24) is 9.62 Å². The molecule has 2 aromatic carbocycles. The average molecular weight is 392 g/mol. The monoisotopic (exact) mass is 391 g/mol. The zero-order valence-corrected chi connectivity index (χ0v) is 15.5. The van der Waals surface area contributed by atoms with Crippen LogP contribution >= 0.6 is 11.6 Å². The van der Waals surface area contributed by atoms with E-state index in [0.29, 0.717) is 42.2 Å². The van der Waals surface area contributed by atoms with Crippen LogP contribution in [0.3, 0.4) is 0 Å². The minimum Gasteiger partial charge on any atom is -0.362 e. The highest BCUT2D eigenvalue weighted by Crippen LogP contribution is 2.34. The highest BCUT2D eigenvalue weighted by Gasteiger charge is 2.42. The lowest BCUT2D eigenvalue weighted by Gasteiger charge is -2.45. The van der Waals surface area contributed by atoms with Gasteiger partial charge in [-0.15, -0.1) is 0 Å². The van der Waals surface area contributed by atoms with Crippen molar-refractivity contribution in [1.29, 1.82) is 0 Å². The van der Waals surface area contributed by atoms with Crippen molar-refractivity contribution in [2.75, 3.05) is 18.4 Å². The molecule has 0 atom stereocenters. The van der Waals surface area contributed by atoms with E-state index in [0.717, 1.165) is 0 Å². The van der Waals surface area contributed by atoms with Gasteiger partial charge in [0.05, 0.1) is 16.1 Å². The lowest BCUT2D eigenvalue weighted by Crippen LogP contribution is -2.62. The van der Waals surface area contributed by atoms with Gasteiger partial charge < -0.3 is 10.6 Å². The summed E-state index contributed by atoms with van der Waals surface area (Å²) in [6, 6.07) is 13.5. The first-order chi connectivity index (χ1) is 12.4. The number of halogens is 1. The number of hydrogen-bond acceptors (Lipinski definition) is 4. The number of amides is 1. The van der Waals surface area contributed by atoms with Gasteiger partial charge in [-0.1, -0.05) is 29.8 Å². The van der Waals surface area contributed by atoms with Gasteiger partial charge in [0.2, 0.25) is 10.0 Å². The van der Waals surface area contributed by atoms with E-state index >= 15 is 0 Å². The van der Waals surface area contributed by atoms with Crippen molar-refractivity contribution in [3.8, 4) is 0 Å². The Morgan fingerprint density at radius 1 is 1.00 bits per heavy atom. The number of benzene rings is 2. The molecule has 2 aliphatic heterocycles. The van der Waals surface area contributed by atoms with Crippen molar-refractivity contribution in [3.05, 3.63) is 59.1 Å². The van der Waals surface area contributed by atoms with E-state index in [1.165, 1.54) is 4.31 Å². The van der Waals surface area contributed by atoms with E-state index in [-0.39, 0.29) is 10.8 Å². The Balaban J connectivity index is 1.55. The van der Waals surface area contributed by atoms with E-state index < -0.39 is 15.7 Å². The summed E-state index contributed by atoms with van der Waals surface area (Å²) in [4.78, 5) is 12.7. The van der Waals surface area contributed by atoms with Gasteiger partial charge in [-0.3, -0.25) is 4.79 Å². The van der Waals surface area contributed by atoms with Crippen LogP contribution in [0.15, 0.2) is 53.4 Å². The highest BCUT2D eigenvalue weighted by atomic mass is 35.5. The smallest absolute Gasteiger partial charge is 0.255 e. The first-order valence-corrected chi connectivity index (χ1v) is 10.2. The standard InChI is InChI=1S/C18H18ClN3O3S/c19-13-6-7-15-16(12-13)20-18(21-17(15)23)8-10-22(11-9-18)26(24,25)14-4-2-1-3-5-14/h1-7,12,20H,8-11H2,(H,21,23). The number of piperidine rings is 1. The fourth-order valence-electron chi connectivity index (χ4n) is 3.49. The lowest BCUT2D eigenvalue weighted by molar-refractivity contribution is 0.0865. The highest BCUT2D eigenvalue weighted by molar-refractivity contribution is 7.89. The summed E-state index contributed by atoms with van der Waals surface area (Å²) in [6.07, 6.45) is 0.938. The Morgan fingerprint density at radius 2 is 1.69 bits per heavy atom. The van der Waals surface area contributed by atoms with Crippen LogP contribution in [0.25, 0.3) is 0 Å². The van der Waals surface area contributed by atoms with Crippen LogP contribution in [0.2, 0.25) is 5.02 Å². The van der Waals surface area contributed by atoms with Gasteiger partial charge in [-0.25, -0.2) is 8.42 Å². The van der Waals surface area contributed by atoms with Gasteiger partial charge in [0, 0.05) is 31.0 Å². The maximum absolute atomic E-state index is 12.8. The first-order valence-electron chi connectivity index (χ1n) is 8.35. The second-order valence-corrected chi connectivity index (χ2v) is 8.94. The summed E-state index contributed by atoms with van der Waals surface area (Å²) in [6.45, 7) is 0.640. The van der Waals surface area contributed by atoms with Gasteiger partial charge in [-0.2, -0.15) is 4.31 Å². The van der Waals surface area contributed by atoms with E-state index in [2.05, 4.69) is 10.6 Å². The first kappa shape index (κ1) is 17.3. The number of carbonyl (C=O) groups excluding carboxylic acids is 1. The Kier molecular flexibility index (Phi) is 4.17. The predicted molar refractivity (Wildman–Crippen MR) is 99.7 cm³/mol. The van der Waals surface area contributed by atoms with Crippen LogP contribution < -0.4 is 10.6 Å². The number of fused-ring (bicyclic) bond motifs is 1. The van der Waals surface area contributed by atoms with Gasteiger partial charge in [0.25, 0.3) is 5.91 Å². The second kappa shape index (κ2) is 6.26. The number of nitrogens with one attached hydrogen (secondary N) is 2. The van der Waals surface area contributed by atoms with E-state index in [1.54, 1.807) is 48.5 Å². The molecule has 26 heavy (non-hydrogen) atoms. The third kappa shape index (κ3) is 2.96. The summed E-state index contributed by atoms with van der Waals surface area (Å²) in [5.41, 5.74) is 0.567. The van der Waals surface area contributed by atoms with Crippen LogP contribution in [0.4, 0.5) is 5.69 Å². The molecule has 8 heteroatoms. The molecule has 6 nitrogen and oxygen atoms in total. The normalized spacial score (nSPS) is 19.5. The van der Waals surface area contributed by atoms with Crippen LogP contribution in [-0.2, 0) is 10.0 Å². The third-order valence-corrected chi connectivity index (χ3v) is 7.06. The van der Waals surface area contributed by atoms with Crippen LogP contribution in [0.5, 0.6) is 0 Å². The minimum atomic E-state index is -3.53. The maximum atomic E-state index is 12.8. The number of hydrogen-bond donors (Lipinski definition) is 2. The molecule has 2 aliphatic rings. The van der Waals surface area contributed by atoms with Gasteiger partial charge in [0.15, 0.2) is 0 Å². The number of sulfonamides is 1. The molecule has 1 amide bonds. The zero-order chi connectivity index (χ0) is 18.4. The largest absolute Gasteiger partial charge is 0.362 e. The van der Waals surface area contributed by atoms with Crippen molar-refractivity contribution in [3.63, 3.8) is 0 Å². The number of rotatable bonds is 2. The second-order valence-electron chi connectivity index (χ2n) is 6.57. The van der Waals surface area contributed by atoms with Crippen molar-refractivity contribution >= 4 is 33.2 Å². The van der Waals surface area contributed by atoms with E-state index in [9.17, 15) is 13.2 Å². The molecule has 0 radical (unpaired) electrons. The molecule has 4 rings (SSSR count). The molecule has 1 spiro atoms. The molecule has 0 aromatic heterocycles. The molecule has 0 aliphatic carbocycles. The molecule has 0 bridgehead atoms. The zero-order valence-electron chi connectivity index (χ0n) is 13.9. The van der Waals surface area contributed by atoms with E-state index in [1.807, 2.05) is 0 Å². The summed E-state index contributed by atoms with van der Waals surface area (Å²) in [5.74, 6) is -0.171. The molecule has 1 saturated heterocycles. The van der Waals surface area contributed by atoms with Gasteiger partial charge in [-0.05, 0) is 30.3 Å². The quantitative estimate of drug-likeness (QED) is 0.825. The van der Waals surface area contributed by atoms with Crippen LogP contribution in [0, 0.1) is 0 Å². The van der Waals surface area contributed by atoms with Crippen LogP contribution in [-0.4, -0.2) is 37.4 Å². The SMILES string of the molecule is O=C1NC2(CCN(S(=O)(=O)c3ccccc3)CC2)Nc2cc(Cl)ccc21. The lowest BCUT2D eigenvalue weighted by atomic mass is 9.93. The van der Waals surface area contributed by atoms with Crippen molar-refractivity contribution in [2.45, 2.75) is 23.4 Å².